The van der Waals surface area contributed by atoms with Gasteiger partial charge in [-0.3, -0.25) is 0 Å². The summed E-state index contributed by atoms with van der Waals surface area (Å²) in [5, 5.41) is 0. The standard InChI is InChI=1S/C12H11ClO2/c1-15-11(14)12(13)8-4-6-9-5-2-3-7-10(9)12/h2-7H,8H2,1H3. The van der Waals surface area contributed by atoms with Gasteiger partial charge in [0.25, 0.3) is 0 Å². The highest BCUT2D eigenvalue weighted by Gasteiger charge is 2.41. The molecule has 0 bridgehead atoms. The van der Waals surface area contributed by atoms with Gasteiger partial charge in [-0.05, 0) is 17.5 Å². The Kier molecular flexibility index (Phi) is 2.53. The Hall–Kier alpha value is -1.28. The van der Waals surface area contributed by atoms with Gasteiger partial charge in [-0.2, -0.15) is 0 Å². The highest BCUT2D eigenvalue weighted by molar-refractivity contribution is 6.34. The molecule has 0 aliphatic heterocycles. The third-order valence-corrected chi connectivity index (χ3v) is 3.11. The van der Waals surface area contributed by atoms with E-state index in [1.54, 1.807) is 0 Å². The number of methoxy groups -OCH3 is 1. The first kappa shape index (κ1) is 10.2. The maximum Gasteiger partial charge on any atom is 0.331 e. The third-order valence-electron chi connectivity index (χ3n) is 2.59. The van der Waals surface area contributed by atoms with E-state index in [1.165, 1.54) is 7.11 Å². The predicted octanol–water partition coefficient (Wildman–Crippen LogP) is 2.71. The molecule has 1 aliphatic rings. The van der Waals surface area contributed by atoms with Crippen LogP contribution in [0.15, 0.2) is 30.3 Å². The van der Waals surface area contributed by atoms with Crippen LogP contribution in [-0.2, 0) is 14.4 Å². The van der Waals surface area contributed by atoms with E-state index >= 15 is 0 Å². The number of halogens is 1. The van der Waals surface area contributed by atoms with Crippen molar-refractivity contribution in [2.24, 2.45) is 0 Å². The number of ether oxygens (including phenoxy) is 1. The number of carbonyl (C=O) groups excluding carboxylic acids is 1. The molecule has 2 nitrogen and oxygen atoms in total. The van der Waals surface area contributed by atoms with Crippen molar-refractivity contribution in [3.63, 3.8) is 0 Å². The average molecular weight is 223 g/mol. The largest absolute Gasteiger partial charge is 0.467 e. The van der Waals surface area contributed by atoms with Crippen molar-refractivity contribution in [3.05, 3.63) is 41.5 Å². The topological polar surface area (TPSA) is 26.3 Å². The van der Waals surface area contributed by atoms with E-state index in [-0.39, 0.29) is 0 Å². The Bertz CT molecular complexity index is 425. The van der Waals surface area contributed by atoms with Crippen molar-refractivity contribution in [1.29, 1.82) is 0 Å². The Balaban J connectivity index is 2.54. The van der Waals surface area contributed by atoms with Crippen molar-refractivity contribution in [2.45, 2.75) is 11.3 Å². The van der Waals surface area contributed by atoms with Gasteiger partial charge < -0.3 is 4.74 Å². The van der Waals surface area contributed by atoms with Gasteiger partial charge in [-0.15, -0.1) is 11.6 Å². The molecule has 3 heteroatoms. The fraction of sp³-hybridized carbons (Fsp3) is 0.250. The van der Waals surface area contributed by atoms with Crippen LogP contribution in [0.4, 0.5) is 0 Å². The monoisotopic (exact) mass is 222 g/mol. The van der Waals surface area contributed by atoms with Gasteiger partial charge in [-0.25, -0.2) is 4.79 Å². The van der Waals surface area contributed by atoms with Crippen LogP contribution >= 0.6 is 11.6 Å². The minimum atomic E-state index is -1.06. The second-order valence-corrected chi connectivity index (χ2v) is 4.13. The van der Waals surface area contributed by atoms with Crippen LogP contribution in [0.1, 0.15) is 17.5 Å². The van der Waals surface area contributed by atoms with Gasteiger partial charge in [-0.1, -0.05) is 36.4 Å². The molecule has 0 saturated heterocycles. The summed E-state index contributed by atoms with van der Waals surface area (Å²) < 4.78 is 4.74. The zero-order chi connectivity index (χ0) is 10.9. The molecule has 0 fully saturated rings. The van der Waals surface area contributed by atoms with Crippen molar-refractivity contribution in [2.75, 3.05) is 7.11 Å². The summed E-state index contributed by atoms with van der Waals surface area (Å²) >= 11 is 6.33. The molecular weight excluding hydrogens is 212 g/mol. The lowest BCUT2D eigenvalue weighted by atomic mass is 9.86. The molecule has 0 aromatic heterocycles. The molecule has 2 rings (SSSR count). The molecule has 0 radical (unpaired) electrons. The Morgan fingerprint density at radius 2 is 2.20 bits per heavy atom. The van der Waals surface area contributed by atoms with Crippen LogP contribution in [0.5, 0.6) is 0 Å². The van der Waals surface area contributed by atoms with E-state index in [2.05, 4.69) is 0 Å². The summed E-state index contributed by atoms with van der Waals surface area (Å²) in [4.78, 5) is 10.6. The van der Waals surface area contributed by atoms with Gasteiger partial charge in [0.05, 0.1) is 7.11 Å². The lowest BCUT2D eigenvalue weighted by molar-refractivity contribution is -0.144. The second-order valence-electron chi connectivity index (χ2n) is 3.49. The molecular formula is C12H11ClO2. The number of allylic oxidation sites excluding steroid dienone is 1. The van der Waals surface area contributed by atoms with Crippen LogP contribution in [0, 0.1) is 0 Å². The third kappa shape index (κ3) is 1.55. The molecule has 0 N–H and O–H groups in total. The SMILES string of the molecule is COC(=O)C1(Cl)CC=Cc2ccccc21. The van der Waals surface area contributed by atoms with Crippen molar-refractivity contribution in [3.8, 4) is 0 Å². The highest BCUT2D eigenvalue weighted by atomic mass is 35.5. The summed E-state index contributed by atoms with van der Waals surface area (Å²) in [5.41, 5.74) is 1.80. The van der Waals surface area contributed by atoms with Gasteiger partial charge in [0.15, 0.2) is 4.87 Å². The molecule has 78 valence electrons. The summed E-state index contributed by atoms with van der Waals surface area (Å²) in [5.74, 6) is -0.402. The Morgan fingerprint density at radius 1 is 1.47 bits per heavy atom. The molecule has 0 amide bonds. The van der Waals surface area contributed by atoms with E-state index < -0.39 is 10.8 Å². The summed E-state index contributed by atoms with van der Waals surface area (Å²) in [6, 6.07) is 7.59. The molecule has 1 aliphatic carbocycles. The lowest BCUT2D eigenvalue weighted by Gasteiger charge is -2.27. The second kappa shape index (κ2) is 3.70. The lowest BCUT2D eigenvalue weighted by Crippen LogP contribution is -2.32. The van der Waals surface area contributed by atoms with Crippen LogP contribution in [0.3, 0.4) is 0 Å². The summed E-state index contributed by atoms with van der Waals surface area (Å²) in [6.07, 6.45) is 4.34. The smallest absolute Gasteiger partial charge is 0.331 e. The maximum absolute atomic E-state index is 11.7. The number of benzene rings is 1. The minimum Gasteiger partial charge on any atom is -0.467 e. The van der Waals surface area contributed by atoms with Crippen LogP contribution in [0.2, 0.25) is 0 Å². The molecule has 1 aromatic carbocycles. The van der Waals surface area contributed by atoms with Gasteiger partial charge in [0.2, 0.25) is 0 Å². The first-order chi connectivity index (χ1) is 7.18. The average Bonchev–Trinajstić information content (AvgIpc) is 2.28. The summed E-state index contributed by atoms with van der Waals surface area (Å²) in [7, 11) is 1.35. The van der Waals surface area contributed by atoms with Crippen LogP contribution < -0.4 is 0 Å². The molecule has 0 heterocycles. The number of hydrogen-bond donors (Lipinski definition) is 0. The van der Waals surface area contributed by atoms with Crippen molar-refractivity contribution in [1.82, 2.24) is 0 Å². The number of fused-ring (bicyclic) bond motifs is 1. The first-order valence-corrected chi connectivity index (χ1v) is 5.09. The van der Waals surface area contributed by atoms with Gasteiger partial charge in [0, 0.05) is 0 Å². The van der Waals surface area contributed by atoms with E-state index in [0.717, 1.165) is 11.1 Å². The number of alkyl halides is 1. The van der Waals surface area contributed by atoms with E-state index in [9.17, 15) is 4.79 Å². The van der Waals surface area contributed by atoms with Gasteiger partial charge in [0.1, 0.15) is 0 Å². The fourth-order valence-electron chi connectivity index (χ4n) is 1.82. The Labute approximate surface area is 93.5 Å². The minimum absolute atomic E-state index is 0.402. The van der Waals surface area contributed by atoms with Crippen LogP contribution in [0.25, 0.3) is 6.08 Å². The van der Waals surface area contributed by atoms with Gasteiger partial charge >= 0.3 is 5.97 Å². The quantitative estimate of drug-likeness (QED) is 0.540. The molecule has 0 spiro atoms. The number of rotatable bonds is 1. The molecule has 15 heavy (non-hydrogen) atoms. The molecule has 1 atom stereocenters. The van der Waals surface area contributed by atoms with E-state index in [0.29, 0.717) is 6.42 Å². The van der Waals surface area contributed by atoms with Crippen molar-refractivity contribution < 1.29 is 9.53 Å². The van der Waals surface area contributed by atoms with Crippen LogP contribution in [-0.4, -0.2) is 13.1 Å². The fourth-order valence-corrected chi connectivity index (χ4v) is 2.15. The van der Waals surface area contributed by atoms with E-state index in [1.807, 2.05) is 36.4 Å². The zero-order valence-electron chi connectivity index (χ0n) is 8.37. The normalized spacial score (nSPS) is 23.3. The number of hydrogen-bond acceptors (Lipinski definition) is 2. The zero-order valence-corrected chi connectivity index (χ0v) is 9.12. The first-order valence-electron chi connectivity index (χ1n) is 4.72. The number of esters is 1. The maximum atomic E-state index is 11.7. The molecule has 1 unspecified atom stereocenters. The van der Waals surface area contributed by atoms with Crippen molar-refractivity contribution >= 4 is 23.6 Å². The van der Waals surface area contributed by atoms with E-state index in [4.69, 9.17) is 16.3 Å². The number of carbonyl (C=O) groups is 1. The highest BCUT2D eigenvalue weighted by Crippen LogP contribution is 2.40. The Morgan fingerprint density at radius 3 is 2.93 bits per heavy atom. The summed E-state index contributed by atoms with van der Waals surface area (Å²) in [6.45, 7) is 0. The predicted molar refractivity (Wildman–Crippen MR) is 59.6 cm³/mol. The molecule has 1 aromatic rings. The molecule has 0 saturated carbocycles.